The number of carbonyl (C=O) groups is 2. The van der Waals surface area contributed by atoms with Gasteiger partial charge >= 0.3 is 0 Å². The van der Waals surface area contributed by atoms with Crippen LogP contribution < -0.4 is 14.4 Å². The number of carbonyl (C=O) groups excluding carboxylic acids is 2. The molecule has 2 amide bonds. The molecule has 0 bridgehead atoms. The van der Waals surface area contributed by atoms with Crippen LogP contribution in [0.25, 0.3) is 0 Å². The number of ether oxygens (including phenoxy) is 1. The Hall–Kier alpha value is -3.85. The van der Waals surface area contributed by atoms with Crippen LogP contribution in [0.15, 0.2) is 77.7 Å². The van der Waals surface area contributed by atoms with E-state index >= 15 is 0 Å². The van der Waals surface area contributed by atoms with E-state index in [9.17, 15) is 18.0 Å². The largest absolute Gasteiger partial charge is 0.494 e. The van der Waals surface area contributed by atoms with Crippen LogP contribution in [-0.2, 0) is 32.7 Å². The highest BCUT2D eigenvalue weighted by Crippen LogP contribution is 2.26. The molecule has 0 aliphatic carbocycles. The van der Waals surface area contributed by atoms with Gasteiger partial charge in [-0.25, -0.2) is 8.42 Å². The quantitative estimate of drug-likeness (QED) is 0.400. The first-order valence-electron chi connectivity index (χ1n) is 12.7. The Bertz CT molecular complexity index is 1370. The Morgan fingerprint density at radius 1 is 1.00 bits per heavy atom. The minimum absolute atomic E-state index is 0.102. The van der Waals surface area contributed by atoms with Crippen LogP contribution in [0.5, 0.6) is 5.75 Å². The molecule has 0 saturated carbocycles. The summed E-state index contributed by atoms with van der Waals surface area (Å²) in [6, 6.07) is 20.8. The number of hydrogen-bond donors (Lipinski definition) is 1. The summed E-state index contributed by atoms with van der Waals surface area (Å²) in [5.41, 5.74) is 3.13. The Morgan fingerprint density at radius 2 is 1.68 bits per heavy atom. The van der Waals surface area contributed by atoms with Gasteiger partial charge in [0.2, 0.25) is 11.8 Å². The molecule has 1 saturated heterocycles. The van der Waals surface area contributed by atoms with E-state index in [1.54, 1.807) is 48.5 Å². The Balaban J connectivity index is 1.52. The minimum Gasteiger partial charge on any atom is -0.494 e. The number of amides is 2. The first-order chi connectivity index (χ1) is 18.3. The summed E-state index contributed by atoms with van der Waals surface area (Å²) >= 11 is 0. The van der Waals surface area contributed by atoms with Gasteiger partial charge in [0, 0.05) is 26.1 Å². The van der Waals surface area contributed by atoms with Gasteiger partial charge in [0.15, 0.2) is 0 Å². The van der Waals surface area contributed by atoms with Crippen LogP contribution in [0.1, 0.15) is 36.5 Å². The van der Waals surface area contributed by atoms with Gasteiger partial charge in [0.05, 0.1) is 17.2 Å². The number of nitrogens with one attached hydrogen (secondary N) is 1. The minimum atomic E-state index is -4.02. The van der Waals surface area contributed by atoms with Crippen molar-refractivity contribution in [1.29, 1.82) is 0 Å². The van der Waals surface area contributed by atoms with E-state index in [4.69, 9.17) is 4.74 Å². The molecule has 1 aliphatic rings. The average molecular weight is 536 g/mol. The maximum absolute atomic E-state index is 13.6. The lowest BCUT2D eigenvalue weighted by Gasteiger charge is -2.24. The smallest absolute Gasteiger partial charge is 0.264 e. The zero-order chi connectivity index (χ0) is 27.1. The molecular formula is C29H33N3O5S. The lowest BCUT2D eigenvalue weighted by atomic mass is 10.1. The molecule has 0 atom stereocenters. The summed E-state index contributed by atoms with van der Waals surface area (Å²) < 4.78 is 33.8. The van der Waals surface area contributed by atoms with E-state index in [1.807, 2.05) is 43.0 Å². The molecule has 3 aromatic carbocycles. The van der Waals surface area contributed by atoms with Crippen molar-refractivity contribution in [3.8, 4) is 5.75 Å². The highest BCUT2D eigenvalue weighted by molar-refractivity contribution is 7.92. The van der Waals surface area contributed by atoms with Crippen LogP contribution in [0.3, 0.4) is 0 Å². The van der Waals surface area contributed by atoms with E-state index in [-0.39, 0.29) is 17.3 Å². The van der Waals surface area contributed by atoms with Gasteiger partial charge in [-0.05, 0) is 67.8 Å². The number of nitrogens with zero attached hydrogens (tertiary/aromatic N) is 2. The van der Waals surface area contributed by atoms with Crippen molar-refractivity contribution >= 4 is 27.5 Å². The molecule has 1 aliphatic heterocycles. The summed E-state index contributed by atoms with van der Waals surface area (Å²) in [6.45, 7) is 5.29. The molecule has 1 N–H and O–H groups in total. The van der Waals surface area contributed by atoms with Gasteiger partial charge < -0.3 is 15.0 Å². The van der Waals surface area contributed by atoms with Crippen molar-refractivity contribution in [3.05, 3.63) is 89.5 Å². The number of sulfonamides is 1. The Morgan fingerprint density at radius 3 is 2.32 bits per heavy atom. The van der Waals surface area contributed by atoms with Gasteiger partial charge in [-0.1, -0.05) is 42.0 Å². The molecule has 9 heteroatoms. The summed E-state index contributed by atoms with van der Waals surface area (Å²) in [5, 5.41) is 2.87. The first kappa shape index (κ1) is 27.2. The normalized spacial score (nSPS) is 13.4. The second kappa shape index (κ2) is 12.1. The maximum atomic E-state index is 13.6. The zero-order valence-electron chi connectivity index (χ0n) is 21.7. The van der Waals surface area contributed by atoms with E-state index in [2.05, 4.69) is 5.32 Å². The van der Waals surface area contributed by atoms with Crippen molar-refractivity contribution in [3.63, 3.8) is 0 Å². The molecule has 0 radical (unpaired) electrons. The number of benzene rings is 3. The van der Waals surface area contributed by atoms with Gasteiger partial charge in [-0.15, -0.1) is 0 Å². The van der Waals surface area contributed by atoms with Crippen molar-refractivity contribution in [2.75, 3.05) is 24.0 Å². The highest BCUT2D eigenvalue weighted by atomic mass is 32.2. The summed E-state index contributed by atoms with van der Waals surface area (Å²) in [4.78, 5) is 27.1. The SMILES string of the molecule is CCOc1ccc(N(CC(=O)NCc2ccccc2CN2CCCC2=O)S(=O)(=O)c2ccc(C)cc2)cc1. The van der Waals surface area contributed by atoms with Crippen molar-refractivity contribution in [1.82, 2.24) is 10.2 Å². The topological polar surface area (TPSA) is 96.0 Å². The predicted molar refractivity (Wildman–Crippen MR) is 146 cm³/mol. The number of aryl methyl sites for hydroxylation is 1. The Kier molecular flexibility index (Phi) is 8.68. The fraction of sp³-hybridized carbons (Fsp3) is 0.310. The fourth-order valence-electron chi connectivity index (χ4n) is 4.37. The molecule has 200 valence electrons. The van der Waals surface area contributed by atoms with Crippen LogP contribution in [-0.4, -0.2) is 44.8 Å². The standard InChI is InChI=1S/C29H33N3O5S/c1-3-37-26-14-12-25(13-15-26)32(38(35,36)27-16-10-22(2)11-17-27)21-28(33)30-19-23-7-4-5-8-24(23)20-31-18-6-9-29(31)34/h4-5,7-8,10-17H,3,6,9,18-21H2,1-2H3,(H,30,33). The predicted octanol–water partition coefficient (Wildman–Crippen LogP) is 4.03. The maximum Gasteiger partial charge on any atom is 0.264 e. The highest BCUT2D eigenvalue weighted by Gasteiger charge is 2.27. The molecule has 38 heavy (non-hydrogen) atoms. The Labute approximate surface area is 224 Å². The fourth-order valence-corrected chi connectivity index (χ4v) is 5.79. The molecule has 0 unspecified atom stereocenters. The summed E-state index contributed by atoms with van der Waals surface area (Å²) in [7, 11) is -4.02. The third-order valence-electron chi connectivity index (χ3n) is 6.46. The number of hydrogen-bond acceptors (Lipinski definition) is 5. The molecule has 4 rings (SSSR count). The van der Waals surface area contributed by atoms with Crippen LogP contribution in [0.2, 0.25) is 0 Å². The van der Waals surface area contributed by atoms with Crippen LogP contribution in [0, 0.1) is 6.92 Å². The van der Waals surface area contributed by atoms with Crippen molar-refractivity contribution in [2.24, 2.45) is 0 Å². The third kappa shape index (κ3) is 6.52. The molecule has 8 nitrogen and oxygen atoms in total. The monoisotopic (exact) mass is 535 g/mol. The second-order valence-corrected chi connectivity index (χ2v) is 11.1. The second-order valence-electron chi connectivity index (χ2n) is 9.22. The van der Waals surface area contributed by atoms with Crippen LogP contribution >= 0.6 is 0 Å². The average Bonchev–Trinajstić information content (AvgIpc) is 3.31. The van der Waals surface area contributed by atoms with Crippen LogP contribution in [0.4, 0.5) is 5.69 Å². The lowest BCUT2D eigenvalue weighted by molar-refractivity contribution is -0.128. The lowest BCUT2D eigenvalue weighted by Crippen LogP contribution is -2.40. The van der Waals surface area contributed by atoms with E-state index in [0.29, 0.717) is 31.0 Å². The number of likely N-dealkylation sites (tertiary alicyclic amines) is 1. The van der Waals surface area contributed by atoms with Gasteiger partial charge in [-0.3, -0.25) is 13.9 Å². The van der Waals surface area contributed by atoms with Crippen molar-refractivity contribution < 1.29 is 22.7 Å². The number of anilines is 1. The third-order valence-corrected chi connectivity index (χ3v) is 8.25. The molecule has 0 spiro atoms. The molecule has 1 fully saturated rings. The molecular weight excluding hydrogens is 502 g/mol. The van der Waals surface area contributed by atoms with E-state index < -0.39 is 22.5 Å². The number of rotatable bonds is 11. The first-order valence-corrected chi connectivity index (χ1v) is 14.2. The molecule has 0 aromatic heterocycles. The van der Waals surface area contributed by atoms with Gasteiger partial charge in [-0.2, -0.15) is 0 Å². The molecule has 3 aromatic rings. The van der Waals surface area contributed by atoms with Gasteiger partial charge in [0.25, 0.3) is 10.0 Å². The van der Waals surface area contributed by atoms with E-state index in [0.717, 1.165) is 34.0 Å². The summed E-state index contributed by atoms with van der Waals surface area (Å²) in [6.07, 6.45) is 1.42. The van der Waals surface area contributed by atoms with Crippen molar-refractivity contribution in [2.45, 2.75) is 44.7 Å². The van der Waals surface area contributed by atoms with Gasteiger partial charge in [0.1, 0.15) is 12.3 Å². The van der Waals surface area contributed by atoms with E-state index in [1.165, 1.54) is 0 Å². The molecule has 1 heterocycles. The zero-order valence-corrected chi connectivity index (χ0v) is 22.5. The summed E-state index contributed by atoms with van der Waals surface area (Å²) in [5.74, 6) is 0.305.